The normalized spacial score (nSPS) is 11.5. The Morgan fingerprint density at radius 3 is 1.45 bits per heavy atom. The average molecular weight is 511 g/mol. The van der Waals surface area contributed by atoms with Crippen molar-refractivity contribution in [2.75, 3.05) is 0 Å². The number of pyridine rings is 2. The third kappa shape index (κ3) is 3.62. The zero-order valence-corrected chi connectivity index (χ0v) is 21.5. The first kappa shape index (κ1) is 22.5. The minimum atomic E-state index is 0.939. The van der Waals surface area contributed by atoms with Gasteiger partial charge in [0, 0.05) is 41.5 Å². The van der Waals surface area contributed by atoms with Gasteiger partial charge in [0.1, 0.15) is 6.33 Å². The first-order chi connectivity index (χ1) is 19.8. The summed E-state index contributed by atoms with van der Waals surface area (Å²) < 4.78 is 0. The molecule has 3 heterocycles. The van der Waals surface area contributed by atoms with E-state index in [4.69, 9.17) is 0 Å². The molecule has 3 aromatic heterocycles. The van der Waals surface area contributed by atoms with Crippen LogP contribution in [-0.2, 0) is 0 Å². The van der Waals surface area contributed by atoms with E-state index in [1.807, 2.05) is 49.1 Å². The molecule has 186 valence electrons. The molecule has 0 unspecified atom stereocenters. The van der Waals surface area contributed by atoms with E-state index in [-0.39, 0.29) is 0 Å². The summed E-state index contributed by atoms with van der Waals surface area (Å²) in [7, 11) is 0. The predicted octanol–water partition coefficient (Wildman–Crippen LogP) is 8.83. The second-order valence-electron chi connectivity index (χ2n) is 10.0. The van der Waals surface area contributed by atoms with Gasteiger partial charge in [-0.1, -0.05) is 60.7 Å². The third-order valence-electron chi connectivity index (χ3n) is 7.70. The van der Waals surface area contributed by atoms with E-state index in [0.717, 1.165) is 39.2 Å². The van der Waals surface area contributed by atoms with Crippen LogP contribution in [0.3, 0.4) is 0 Å². The van der Waals surface area contributed by atoms with Crippen molar-refractivity contribution >= 4 is 32.3 Å². The van der Waals surface area contributed by atoms with Gasteiger partial charge < -0.3 is 0 Å². The van der Waals surface area contributed by atoms with E-state index in [2.05, 4.69) is 98.8 Å². The Morgan fingerprint density at radius 2 is 0.925 bits per heavy atom. The first-order valence-corrected chi connectivity index (χ1v) is 13.3. The van der Waals surface area contributed by atoms with Crippen molar-refractivity contribution in [1.29, 1.82) is 0 Å². The molecule has 0 N–H and O–H groups in total. The molecule has 4 heteroatoms. The summed E-state index contributed by atoms with van der Waals surface area (Å²) in [5.74, 6) is 0. The highest BCUT2D eigenvalue weighted by atomic mass is 14.8. The SMILES string of the molecule is c1ccc(-c2cc(-c3ccccn3)cc(-c3ccc4ccc5c(-c6cncnc6)ccc6ccc3c4c65)c2)nc1. The molecule has 0 fully saturated rings. The van der Waals surface area contributed by atoms with E-state index >= 15 is 0 Å². The minimum absolute atomic E-state index is 0.939. The third-order valence-corrected chi connectivity index (χ3v) is 7.70. The number of nitrogens with zero attached hydrogens (tertiary/aromatic N) is 4. The van der Waals surface area contributed by atoms with Crippen LogP contribution in [0.15, 0.2) is 134 Å². The van der Waals surface area contributed by atoms with Crippen molar-refractivity contribution < 1.29 is 0 Å². The fourth-order valence-corrected chi connectivity index (χ4v) is 5.89. The number of aromatic nitrogens is 4. The van der Waals surface area contributed by atoms with Crippen LogP contribution in [0.1, 0.15) is 0 Å². The first-order valence-electron chi connectivity index (χ1n) is 13.3. The zero-order chi connectivity index (χ0) is 26.5. The van der Waals surface area contributed by atoms with Crippen molar-refractivity contribution in [1.82, 2.24) is 19.9 Å². The van der Waals surface area contributed by atoms with Gasteiger partial charge in [0.2, 0.25) is 0 Å². The number of hydrogen-bond acceptors (Lipinski definition) is 4. The molecule has 0 spiro atoms. The smallest absolute Gasteiger partial charge is 0.115 e. The summed E-state index contributed by atoms with van der Waals surface area (Å²) in [5, 5.41) is 7.42. The summed E-state index contributed by atoms with van der Waals surface area (Å²) in [4.78, 5) is 17.8. The minimum Gasteiger partial charge on any atom is -0.256 e. The lowest BCUT2D eigenvalue weighted by Crippen LogP contribution is -1.92. The maximum absolute atomic E-state index is 4.66. The van der Waals surface area contributed by atoms with Crippen molar-refractivity contribution in [2.45, 2.75) is 0 Å². The Balaban J connectivity index is 1.41. The van der Waals surface area contributed by atoms with Crippen LogP contribution in [-0.4, -0.2) is 19.9 Å². The van der Waals surface area contributed by atoms with Gasteiger partial charge in [-0.25, -0.2) is 9.97 Å². The van der Waals surface area contributed by atoms with Gasteiger partial charge in [-0.05, 0) is 91.5 Å². The molecular formula is C36H22N4. The molecule has 8 rings (SSSR count). The van der Waals surface area contributed by atoms with Crippen LogP contribution in [0.4, 0.5) is 0 Å². The quantitative estimate of drug-likeness (QED) is 0.222. The number of benzene rings is 5. The average Bonchev–Trinajstić information content (AvgIpc) is 3.04. The molecule has 5 aromatic carbocycles. The molecular weight excluding hydrogens is 488 g/mol. The maximum Gasteiger partial charge on any atom is 0.115 e. The summed E-state index contributed by atoms with van der Waals surface area (Å²) in [6, 6.07) is 36.6. The Labute approximate surface area is 231 Å². The Morgan fingerprint density at radius 1 is 0.425 bits per heavy atom. The summed E-state index contributed by atoms with van der Waals surface area (Å²) in [6.07, 6.45) is 9.02. The van der Waals surface area contributed by atoms with Crippen molar-refractivity contribution in [3.05, 3.63) is 134 Å². The van der Waals surface area contributed by atoms with Gasteiger partial charge in [-0.3, -0.25) is 9.97 Å². The van der Waals surface area contributed by atoms with E-state index in [9.17, 15) is 0 Å². The molecule has 0 radical (unpaired) electrons. The second kappa shape index (κ2) is 9.07. The van der Waals surface area contributed by atoms with Gasteiger partial charge in [0.05, 0.1) is 11.4 Å². The second-order valence-corrected chi connectivity index (χ2v) is 10.0. The molecule has 0 bridgehead atoms. The lowest BCUT2D eigenvalue weighted by molar-refractivity contribution is 1.17. The van der Waals surface area contributed by atoms with E-state index in [1.54, 1.807) is 6.33 Å². The molecule has 0 aliphatic carbocycles. The fraction of sp³-hybridized carbons (Fsp3) is 0. The van der Waals surface area contributed by atoms with E-state index < -0.39 is 0 Å². The highest BCUT2D eigenvalue weighted by Gasteiger charge is 2.16. The summed E-state index contributed by atoms with van der Waals surface area (Å²) >= 11 is 0. The van der Waals surface area contributed by atoms with E-state index in [0.29, 0.717) is 0 Å². The van der Waals surface area contributed by atoms with Gasteiger partial charge in [-0.15, -0.1) is 0 Å². The number of rotatable bonds is 4. The van der Waals surface area contributed by atoms with Crippen LogP contribution in [0, 0.1) is 0 Å². The maximum atomic E-state index is 4.66. The van der Waals surface area contributed by atoms with Gasteiger partial charge >= 0.3 is 0 Å². The standard InChI is InChI=1S/C36H22N4/c1-3-15-39-33(5-1)26-17-25(18-27(19-26)34-6-2-4-16-40-34)29-11-7-23-10-14-32-30(28-20-37-22-38-21-28)12-8-24-9-13-31(29)35(23)36(24)32/h1-22H. The highest BCUT2D eigenvalue weighted by Crippen LogP contribution is 2.43. The molecule has 0 saturated carbocycles. The Hall–Kier alpha value is -5.48. The number of hydrogen-bond donors (Lipinski definition) is 0. The lowest BCUT2D eigenvalue weighted by Gasteiger charge is -2.17. The molecule has 4 nitrogen and oxygen atoms in total. The van der Waals surface area contributed by atoms with Crippen LogP contribution < -0.4 is 0 Å². The summed E-state index contributed by atoms with van der Waals surface area (Å²) in [6.45, 7) is 0. The van der Waals surface area contributed by atoms with Crippen LogP contribution in [0.25, 0.3) is 77.1 Å². The topological polar surface area (TPSA) is 51.6 Å². The van der Waals surface area contributed by atoms with Crippen LogP contribution >= 0.6 is 0 Å². The van der Waals surface area contributed by atoms with Crippen molar-refractivity contribution in [2.24, 2.45) is 0 Å². The monoisotopic (exact) mass is 510 g/mol. The molecule has 0 aliphatic rings. The Bertz CT molecular complexity index is 2080. The molecule has 0 saturated heterocycles. The molecule has 0 amide bonds. The van der Waals surface area contributed by atoms with Gasteiger partial charge in [-0.2, -0.15) is 0 Å². The van der Waals surface area contributed by atoms with Crippen molar-refractivity contribution in [3.63, 3.8) is 0 Å². The molecule has 8 aromatic rings. The largest absolute Gasteiger partial charge is 0.256 e. The highest BCUT2D eigenvalue weighted by molar-refractivity contribution is 6.27. The van der Waals surface area contributed by atoms with Crippen LogP contribution in [0.5, 0.6) is 0 Å². The molecule has 40 heavy (non-hydrogen) atoms. The molecule has 0 aliphatic heterocycles. The fourth-order valence-electron chi connectivity index (χ4n) is 5.89. The Kier molecular flexibility index (Phi) is 5.10. The van der Waals surface area contributed by atoms with Gasteiger partial charge in [0.15, 0.2) is 0 Å². The predicted molar refractivity (Wildman–Crippen MR) is 163 cm³/mol. The van der Waals surface area contributed by atoms with Crippen LogP contribution in [0.2, 0.25) is 0 Å². The lowest BCUT2D eigenvalue weighted by atomic mass is 9.87. The zero-order valence-electron chi connectivity index (χ0n) is 21.5. The van der Waals surface area contributed by atoms with E-state index in [1.165, 1.54) is 37.9 Å². The molecule has 0 atom stereocenters. The van der Waals surface area contributed by atoms with Crippen molar-refractivity contribution in [3.8, 4) is 44.8 Å². The van der Waals surface area contributed by atoms with Gasteiger partial charge in [0.25, 0.3) is 0 Å². The summed E-state index contributed by atoms with van der Waals surface area (Å²) in [5.41, 5.74) is 8.49.